The Morgan fingerprint density at radius 1 is 1.53 bits per heavy atom. The van der Waals surface area contributed by atoms with Gasteiger partial charge in [-0.1, -0.05) is 28.9 Å². The third-order valence-electron chi connectivity index (χ3n) is 4.24. The standard InChI is InChI=1S/C15H17BrN2O/c1-2-14-17-10-4-3-5-12-15(10)18(14)11-7-6-9(16)8-13(11)19-12/h3,5,9-10H,2,4,6-8H2,1H3. The molecule has 0 bridgehead atoms. The van der Waals surface area contributed by atoms with Crippen molar-refractivity contribution in [1.82, 2.24) is 4.90 Å². The lowest BCUT2D eigenvalue weighted by Crippen LogP contribution is -2.35. The Balaban J connectivity index is 1.82. The fraction of sp³-hybridized carbons (Fsp3) is 0.533. The van der Waals surface area contributed by atoms with Crippen molar-refractivity contribution < 1.29 is 4.74 Å². The molecule has 0 aromatic carbocycles. The van der Waals surface area contributed by atoms with E-state index in [-0.39, 0.29) is 6.04 Å². The first-order valence-electron chi connectivity index (χ1n) is 7.09. The molecule has 0 radical (unpaired) electrons. The number of alkyl halides is 1. The Labute approximate surface area is 121 Å². The molecule has 0 spiro atoms. The number of aliphatic imine (C=N–C) groups is 1. The second kappa shape index (κ2) is 4.23. The Kier molecular flexibility index (Phi) is 2.62. The fourth-order valence-electron chi connectivity index (χ4n) is 3.38. The summed E-state index contributed by atoms with van der Waals surface area (Å²) in [6.07, 6.45) is 9.54. The maximum absolute atomic E-state index is 6.17. The molecule has 2 unspecified atom stereocenters. The van der Waals surface area contributed by atoms with E-state index in [1.807, 2.05) is 0 Å². The Bertz CT molecular complexity index is 558. The average Bonchev–Trinajstić information content (AvgIpc) is 2.79. The quantitative estimate of drug-likeness (QED) is 0.686. The summed E-state index contributed by atoms with van der Waals surface area (Å²) in [5, 5.41) is 0. The van der Waals surface area contributed by atoms with Crippen molar-refractivity contribution in [1.29, 1.82) is 0 Å². The molecule has 2 aliphatic carbocycles. The molecule has 0 N–H and O–H groups in total. The van der Waals surface area contributed by atoms with E-state index in [1.165, 1.54) is 23.7 Å². The van der Waals surface area contributed by atoms with Crippen LogP contribution in [-0.2, 0) is 4.74 Å². The van der Waals surface area contributed by atoms with E-state index in [1.54, 1.807) is 0 Å². The van der Waals surface area contributed by atoms with E-state index in [0.29, 0.717) is 4.83 Å². The van der Waals surface area contributed by atoms with Crippen molar-refractivity contribution in [3.8, 4) is 0 Å². The van der Waals surface area contributed by atoms with Crippen LogP contribution in [0, 0.1) is 0 Å². The van der Waals surface area contributed by atoms with Gasteiger partial charge in [-0.3, -0.25) is 9.89 Å². The number of hydrogen-bond donors (Lipinski definition) is 0. The molecular formula is C15H17BrN2O. The molecule has 4 aliphatic rings. The van der Waals surface area contributed by atoms with Gasteiger partial charge in [0.05, 0.1) is 17.4 Å². The van der Waals surface area contributed by atoms with Crippen molar-refractivity contribution >= 4 is 21.8 Å². The molecule has 4 rings (SSSR count). The van der Waals surface area contributed by atoms with Crippen LogP contribution in [0.2, 0.25) is 0 Å². The predicted molar refractivity (Wildman–Crippen MR) is 78.8 cm³/mol. The van der Waals surface area contributed by atoms with Crippen LogP contribution in [0.25, 0.3) is 0 Å². The number of nitrogens with zero attached hydrogens (tertiary/aromatic N) is 2. The van der Waals surface area contributed by atoms with Crippen molar-refractivity contribution in [3.63, 3.8) is 0 Å². The number of hydrogen-bond acceptors (Lipinski definition) is 3. The number of fused-ring (bicyclic) bond motifs is 1. The average molecular weight is 321 g/mol. The smallest absolute Gasteiger partial charge is 0.148 e. The third-order valence-corrected chi connectivity index (χ3v) is 5.02. The van der Waals surface area contributed by atoms with E-state index in [9.17, 15) is 0 Å². The van der Waals surface area contributed by atoms with Crippen LogP contribution < -0.4 is 0 Å². The van der Waals surface area contributed by atoms with Gasteiger partial charge in [-0.15, -0.1) is 0 Å². The summed E-state index contributed by atoms with van der Waals surface area (Å²) in [5.74, 6) is 3.37. The molecule has 0 aromatic rings. The maximum atomic E-state index is 6.17. The first kappa shape index (κ1) is 11.8. The van der Waals surface area contributed by atoms with Gasteiger partial charge in [0.25, 0.3) is 0 Å². The maximum Gasteiger partial charge on any atom is 0.148 e. The van der Waals surface area contributed by atoms with Gasteiger partial charge in [-0.05, 0) is 25.3 Å². The normalized spacial score (nSPS) is 32.1. The second-order valence-corrected chi connectivity index (χ2v) is 6.74. The third kappa shape index (κ3) is 1.65. The molecule has 4 heteroatoms. The summed E-state index contributed by atoms with van der Waals surface area (Å²) < 4.78 is 6.17. The summed E-state index contributed by atoms with van der Waals surface area (Å²) in [6, 6.07) is 0.283. The van der Waals surface area contributed by atoms with Crippen molar-refractivity contribution in [2.45, 2.75) is 49.9 Å². The van der Waals surface area contributed by atoms with Gasteiger partial charge >= 0.3 is 0 Å². The summed E-state index contributed by atoms with van der Waals surface area (Å²) in [5.41, 5.74) is 2.64. The minimum atomic E-state index is 0.283. The fourth-order valence-corrected chi connectivity index (χ4v) is 3.90. The number of halogens is 1. The lowest BCUT2D eigenvalue weighted by Gasteiger charge is -2.38. The van der Waals surface area contributed by atoms with Crippen molar-refractivity contribution in [2.24, 2.45) is 4.99 Å². The number of allylic oxidation sites excluding steroid dienone is 3. The number of ether oxygens (including phenoxy) is 1. The highest BCUT2D eigenvalue weighted by atomic mass is 79.9. The van der Waals surface area contributed by atoms with E-state index in [4.69, 9.17) is 9.73 Å². The first-order chi connectivity index (χ1) is 9.28. The highest BCUT2D eigenvalue weighted by Gasteiger charge is 2.41. The van der Waals surface area contributed by atoms with Gasteiger partial charge in [0, 0.05) is 17.7 Å². The van der Waals surface area contributed by atoms with Crippen LogP contribution in [0.3, 0.4) is 0 Å². The molecule has 0 saturated carbocycles. The molecule has 2 atom stereocenters. The monoisotopic (exact) mass is 320 g/mol. The lowest BCUT2D eigenvalue weighted by molar-refractivity contribution is 0.237. The molecule has 3 nitrogen and oxygen atoms in total. The zero-order valence-corrected chi connectivity index (χ0v) is 12.6. The van der Waals surface area contributed by atoms with Crippen LogP contribution in [0.5, 0.6) is 0 Å². The summed E-state index contributed by atoms with van der Waals surface area (Å²) in [4.78, 5) is 7.84. The minimum absolute atomic E-state index is 0.283. The van der Waals surface area contributed by atoms with E-state index >= 15 is 0 Å². The summed E-state index contributed by atoms with van der Waals surface area (Å²) in [6.45, 7) is 2.19. The molecule has 0 aromatic heterocycles. The van der Waals surface area contributed by atoms with Crippen LogP contribution >= 0.6 is 15.9 Å². The van der Waals surface area contributed by atoms with E-state index in [0.717, 1.165) is 37.2 Å². The number of amidine groups is 1. The molecule has 2 heterocycles. The summed E-state index contributed by atoms with van der Waals surface area (Å²) in [7, 11) is 0. The molecule has 19 heavy (non-hydrogen) atoms. The molecule has 2 aliphatic heterocycles. The van der Waals surface area contributed by atoms with Crippen molar-refractivity contribution in [2.75, 3.05) is 0 Å². The van der Waals surface area contributed by atoms with Crippen molar-refractivity contribution in [3.05, 3.63) is 35.1 Å². The predicted octanol–water partition coefficient (Wildman–Crippen LogP) is 3.84. The van der Waals surface area contributed by atoms with Gasteiger partial charge in [0.1, 0.15) is 17.4 Å². The highest BCUT2D eigenvalue weighted by Crippen LogP contribution is 2.45. The topological polar surface area (TPSA) is 24.8 Å². The highest BCUT2D eigenvalue weighted by molar-refractivity contribution is 9.09. The molecule has 0 saturated heterocycles. The zero-order valence-electron chi connectivity index (χ0n) is 11.0. The Morgan fingerprint density at radius 3 is 3.26 bits per heavy atom. The Hall–Kier alpha value is -1.03. The SMILES string of the molecule is CCC1=NC2CC=CC3=C2N1C1=C(CC(Br)CC1)O3. The molecular weight excluding hydrogens is 304 g/mol. The van der Waals surface area contributed by atoms with E-state index in [2.05, 4.69) is 39.9 Å². The molecule has 0 fully saturated rings. The van der Waals surface area contributed by atoms with Crippen LogP contribution in [0.4, 0.5) is 0 Å². The first-order valence-corrected chi connectivity index (χ1v) is 8.01. The second-order valence-electron chi connectivity index (χ2n) is 5.45. The van der Waals surface area contributed by atoms with Crippen LogP contribution in [-0.4, -0.2) is 21.6 Å². The zero-order chi connectivity index (χ0) is 13.0. The van der Waals surface area contributed by atoms with E-state index < -0.39 is 0 Å². The van der Waals surface area contributed by atoms with Gasteiger partial charge in [-0.2, -0.15) is 0 Å². The lowest BCUT2D eigenvalue weighted by atomic mass is 9.96. The van der Waals surface area contributed by atoms with Gasteiger partial charge in [0.2, 0.25) is 0 Å². The minimum Gasteiger partial charge on any atom is -0.458 e. The van der Waals surface area contributed by atoms with Gasteiger partial charge < -0.3 is 4.74 Å². The Morgan fingerprint density at radius 2 is 2.42 bits per heavy atom. The van der Waals surface area contributed by atoms with Crippen LogP contribution in [0.1, 0.15) is 39.0 Å². The summed E-state index contributed by atoms with van der Waals surface area (Å²) >= 11 is 3.73. The number of rotatable bonds is 1. The van der Waals surface area contributed by atoms with Gasteiger partial charge in [-0.25, -0.2) is 0 Å². The van der Waals surface area contributed by atoms with Gasteiger partial charge in [0.15, 0.2) is 0 Å². The van der Waals surface area contributed by atoms with Crippen LogP contribution in [0.15, 0.2) is 40.1 Å². The largest absolute Gasteiger partial charge is 0.458 e. The molecule has 0 amide bonds. The molecule has 100 valence electrons.